The smallest absolute Gasteiger partial charge is 0.335 e. The van der Waals surface area contributed by atoms with Crippen LogP contribution in [0.25, 0.3) is 0 Å². The highest BCUT2D eigenvalue weighted by Crippen LogP contribution is 2.51. The molecule has 2 aromatic carbocycles. The van der Waals surface area contributed by atoms with Gasteiger partial charge in [0.2, 0.25) is 0 Å². The SMILES string of the molecule is CCOP(=O)(Cc1ccc(C(=O)N[C@@H](Cc2ccc(F)cc2)C(=O)O)cc1)OCC. The second kappa shape index (κ2) is 11.0. The van der Waals surface area contributed by atoms with Crippen molar-refractivity contribution in [2.24, 2.45) is 0 Å². The first-order chi connectivity index (χ1) is 14.3. The fourth-order valence-electron chi connectivity index (χ4n) is 2.80. The number of carbonyl (C=O) groups is 2. The summed E-state index contributed by atoms with van der Waals surface area (Å²) in [6.07, 6.45) is 0.0875. The van der Waals surface area contributed by atoms with Gasteiger partial charge in [0.25, 0.3) is 5.91 Å². The maximum atomic E-state index is 13.0. The summed E-state index contributed by atoms with van der Waals surface area (Å²) in [5.41, 5.74) is 1.51. The number of nitrogens with one attached hydrogen (secondary N) is 1. The normalized spacial score (nSPS) is 12.4. The second-order valence-corrected chi connectivity index (χ2v) is 8.55. The van der Waals surface area contributed by atoms with Crippen molar-refractivity contribution in [1.29, 1.82) is 0 Å². The van der Waals surface area contributed by atoms with Crippen LogP contribution in [0.2, 0.25) is 0 Å². The van der Waals surface area contributed by atoms with Gasteiger partial charge in [-0.05, 0) is 49.2 Å². The maximum absolute atomic E-state index is 13.0. The van der Waals surface area contributed by atoms with Crippen molar-refractivity contribution in [3.63, 3.8) is 0 Å². The predicted molar refractivity (Wildman–Crippen MR) is 110 cm³/mol. The quantitative estimate of drug-likeness (QED) is 0.515. The molecule has 2 rings (SSSR count). The molecule has 9 heteroatoms. The van der Waals surface area contributed by atoms with Gasteiger partial charge >= 0.3 is 13.6 Å². The van der Waals surface area contributed by atoms with Gasteiger partial charge in [0.15, 0.2) is 0 Å². The van der Waals surface area contributed by atoms with Crippen LogP contribution in [-0.2, 0) is 31.0 Å². The maximum Gasteiger partial charge on any atom is 0.335 e. The summed E-state index contributed by atoms with van der Waals surface area (Å²) < 4.78 is 36.1. The lowest BCUT2D eigenvalue weighted by atomic mass is 10.1. The molecule has 0 aromatic heterocycles. The number of halogens is 1. The molecule has 30 heavy (non-hydrogen) atoms. The van der Waals surface area contributed by atoms with E-state index in [0.29, 0.717) is 11.1 Å². The van der Waals surface area contributed by atoms with E-state index in [-0.39, 0.29) is 31.4 Å². The summed E-state index contributed by atoms with van der Waals surface area (Å²) in [7, 11) is -3.26. The van der Waals surface area contributed by atoms with Gasteiger partial charge in [-0.1, -0.05) is 24.3 Å². The number of carboxylic acid groups (broad SMARTS) is 1. The summed E-state index contributed by atoms with van der Waals surface area (Å²) >= 11 is 0. The molecule has 0 heterocycles. The van der Waals surface area contributed by atoms with Crippen LogP contribution in [0.5, 0.6) is 0 Å². The van der Waals surface area contributed by atoms with E-state index < -0.39 is 31.3 Å². The van der Waals surface area contributed by atoms with Crippen molar-refractivity contribution in [2.45, 2.75) is 32.5 Å². The van der Waals surface area contributed by atoms with Gasteiger partial charge in [-0.3, -0.25) is 9.36 Å². The standard InChI is InChI=1S/C21H25FNO6P/c1-3-28-30(27,29-4-2)14-16-5-9-17(10-6-16)20(24)23-19(21(25)26)13-15-7-11-18(22)12-8-15/h5-12,19H,3-4,13-14H2,1-2H3,(H,23,24)(H,25,26)/t19-/m0/s1. The van der Waals surface area contributed by atoms with Crippen LogP contribution in [0.15, 0.2) is 48.5 Å². The molecule has 2 aromatic rings. The molecule has 0 bridgehead atoms. The molecule has 0 fully saturated rings. The molecule has 0 saturated heterocycles. The molecule has 0 spiro atoms. The Bertz CT molecular complexity index is 891. The molecule has 0 unspecified atom stereocenters. The first-order valence-electron chi connectivity index (χ1n) is 9.51. The van der Waals surface area contributed by atoms with E-state index in [1.165, 1.54) is 36.4 Å². The van der Waals surface area contributed by atoms with E-state index in [9.17, 15) is 23.7 Å². The van der Waals surface area contributed by atoms with Crippen molar-refractivity contribution in [1.82, 2.24) is 5.32 Å². The van der Waals surface area contributed by atoms with Crippen LogP contribution in [-0.4, -0.2) is 36.2 Å². The number of hydrogen-bond donors (Lipinski definition) is 2. The Morgan fingerprint density at radius 3 is 2.03 bits per heavy atom. The third kappa shape index (κ3) is 7.06. The zero-order valence-electron chi connectivity index (χ0n) is 16.8. The molecular weight excluding hydrogens is 412 g/mol. The lowest BCUT2D eigenvalue weighted by Gasteiger charge is -2.17. The van der Waals surface area contributed by atoms with E-state index in [1.807, 2.05) is 0 Å². The van der Waals surface area contributed by atoms with E-state index in [4.69, 9.17) is 9.05 Å². The average molecular weight is 437 g/mol. The summed E-state index contributed by atoms with van der Waals surface area (Å²) in [5.74, 6) is -2.18. The minimum absolute atomic E-state index is 0.0192. The first kappa shape index (κ1) is 23.7. The molecule has 162 valence electrons. The summed E-state index contributed by atoms with van der Waals surface area (Å²) in [4.78, 5) is 24.0. The zero-order chi connectivity index (χ0) is 22.1. The summed E-state index contributed by atoms with van der Waals surface area (Å²) in [6.45, 7) is 3.96. The highest BCUT2D eigenvalue weighted by atomic mass is 31.2. The highest BCUT2D eigenvalue weighted by Gasteiger charge is 2.25. The minimum atomic E-state index is -3.26. The van der Waals surface area contributed by atoms with E-state index in [2.05, 4.69) is 5.32 Å². The third-order valence-corrected chi connectivity index (χ3v) is 6.26. The Kier molecular flexibility index (Phi) is 8.72. The van der Waals surface area contributed by atoms with Crippen molar-refractivity contribution in [3.8, 4) is 0 Å². The van der Waals surface area contributed by atoms with Crippen LogP contribution >= 0.6 is 7.60 Å². The minimum Gasteiger partial charge on any atom is -0.480 e. The van der Waals surface area contributed by atoms with Crippen LogP contribution < -0.4 is 5.32 Å². The molecule has 0 aliphatic rings. The molecule has 2 N–H and O–H groups in total. The average Bonchev–Trinajstić information content (AvgIpc) is 2.69. The van der Waals surface area contributed by atoms with Crippen molar-refractivity contribution < 1.29 is 32.7 Å². The molecule has 0 aliphatic carbocycles. The van der Waals surface area contributed by atoms with Crippen molar-refractivity contribution >= 4 is 19.5 Å². The molecule has 0 radical (unpaired) electrons. The lowest BCUT2D eigenvalue weighted by Crippen LogP contribution is -2.42. The zero-order valence-corrected chi connectivity index (χ0v) is 17.7. The highest BCUT2D eigenvalue weighted by molar-refractivity contribution is 7.53. The number of carboxylic acids is 1. The Morgan fingerprint density at radius 2 is 1.53 bits per heavy atom. The predicted octanol–water partition coefficient (Wildman–Crippen LogP) is 4.02. The van der Waals surface area contributed by atoms with E-state index in [0.717, 1.165) is 0 Å². The van der Waals surface area contributed by atoms with Gasteiger partial charge in [0.05, 0.1) is 19.4 Å². The summed E-state index contributed by atoms with van der Waals surface area (Å²) in [6, 6.07) is 10.5. The first-order valence-corrected chi connectivity index (χ1v) is 11.2. The molecule has 1 amide bonds. The number of rotatable bonds is 11. The van der Waals surface area contributed by atoms with Gasteiger partial charge in [0.1, 0.15) is 11.9 Å². The molecule has 0 aliphatic heterocycles. The number of benzene rings is 2. The Morgan fingerprint density at radius 1 is 1.00 bits per heavy atom. The number of carbonyl (C=O) groups excluding carboxylic acids is 1. The fourth-order valence-corrected chi connectivity index (χ4v) is 4.51. The van der Waals surface area contributed by atoms with Gasteiger partial charge in [0, 0.05) is 12.0 Å². The largest absolute Gasteiger partial charge is 0.480 e. The Hall–Kier alpha value is -2.54. The Labute approximate surface area is 174 Å². The number of amides is 1. The molecule has 1 atom stereocenters. The summed E-state index contributed by atoms with van der Waals surface area (Å²) in [5, 5.41) is 11.9. The monoisotopic (exact) mass is 437 g/mol. The van der Waals surface area contributed by atoms with Gasteiger partial charge < -0.3 is 19.5 Å². The van der Waals surface area contributed by atoms with Crippen LogP contribution in [0, 0.1) is 5.82 Å². The van der Waals surface area contributed by atoms with E-state index in [1.54, 1.807) is 26.0 Å². The van der Waals surface area contributed by atoms with Crippen LogP contribution in [0.3, 0.4) is 0 Å². The molecule has 0 saturated carbocycles. The van der Waals surface area contributed by atoms with Gasteiger partial charge in [-0.25, -0.2) is 9.18 Å². The number of aliphatic carboxylic acids is 1. The van der Waals surface area contributed by atoms with Crippen LogP contribution in [0.1, 0.15) is 35.3 Å². The molecular formula is C21H25FNO6P. The van der Waals surface area contributed by atoms with Gasteiger partial charge in [-0.2, -0.15) is 0 Å². The third-order valence-electron chi connectivity index (χ3n) is 4.20. The lowest BCUT2D eigenvalue weighted by molar-refractivity contribution is -0.139. The Balaban J connectivity index is 2.05. The number of hydrogen-bond acceptors (Lipinski definition) is 5. The van der Waals surface area contributed by atoms with E-state index >= 15 is 0 Å². The fraction of sp³-hybridized carbons (Fsp3) is 0.333. The topological polar surface area (TPSA) is 102 Å². The second-order valence-electron chi connectivity index (χ2n) is 6.50. The molecule has 7 nitrogen and oxygen atoms in total. The van der Waals surface area contributed by atoms with Crippen molar-refractivity contribution in [3.05, 3.63) is 71.0 Å². The van der Waals surface area contributed by atoms with Crippen LogP contribution in [0.4, 0.5) is 4.39 Å². The van der Waals surface area contributed by atoms with Gasteiger partial charge in [-0.15, -0.1) is 0 Å². The van der Waals surface area contributed by atoms with Crippen molar-refractivity contribution in [2.75, 3.05) is 13.2 Å².